The van der Waals surface area contributed by atoms with E-state index in [-0.39, 0.29) is 0 Å². The standard InChI is InChI=1S/C12H16N2/c1-14-8-6-11(7-9-14)10-2-4-12(13)5-3-10/h2-5,11H,6-9H2,1H3. The fourth-order valence-corrected chi connectivity index (χ4v) is 2.09. The summed E-state index contributed by atoms with van der Waals surface area (Å²) >= 11 is 0. The Bertz CT molecular complexity index is 284. The summed E-state index contributed by atoms with van der Waals surface area (Å²) in [6.07, 6.45) is 2.47. The Labute approximate surface area is 85.7 Å². The van der Waals surface area contributed by atoms with E-state index in [1.165, 1.54) is 31.5 Å². The molecule has 0 saturated carbocycles. The van der Waals surface area contributed by atoms with Crippen molar-refractivity contribution in [2.24, 2.45) is 0 Å². The molecule has 2 rings (SSSR count). The Morgan fingerprint density at radius 1 is 1.14 bits per heavy atom. The van der Waals surface area contributed by atoms with E-state index in [1.54, 1.807) is 12.1 Å². The maximum Gasteiger partial charge on any atom is 0.0857 e. The lowest BCUT2D eigenvalue weighted by molar-refractivity contribution is 0.255. The summed E-state index contributed by atoms with van der Waals surface area (Å²) < 4.78 is 0. The molecule has 1 aromatic rings. The molecule has 74 valence electrons. The van der Waals surface area contributed by atoms with Crippen molar-refractivity contribution < 1.29 is 0 Å². The van der Waals surface area contributed by atoms with Crippen LogP contribution < -0.4 is 5.73 Å². The highest BCUT2D eigenvalue weighted by Crippen LogP contribution is 2.27. The van der Waals surface area contributed by atoms with Crippen LogP contribution in [0.25, 0.3) is 0 Å². The molecular weight excluding hydrogens is 172 g/mol. The summed E-state index contributed by atoms with van der Waals surface area (Å²) in [6, 6.07) is 7.66. The van der Waals surface area contributed by atoms with Gasteiger partial charge in [-0.3, -0.25) is 0 Å². The van der Waals surface area contributed by atoms with Crippen LogP contribution in [0.3, 0.4) is 0 Å². The van der Waals surface area contributed by atoms with Crippen LogP contribution in [-0.4, -0.2) is 25.0 Å². The highest BCUT2D eigenvalue weighted by molar-refractivity contribution is 5.37. The number of hydrogen-bond donors (Lipinski definition) is 0. The van der Waals surface area contributed by atoms with Crippen LogP contribution in [-0.2, 0) is 0 Å². The van der Waals surface area contributed by atoms with E-state index in [9.17, 15) is 5.73 Å². The molecule has 14 heavy (non-hydrogen) atoms. The van der Waals surface area contributed by atoms with Crippen molar-refractivity contribution in [2.75, 3.05) is 20.1 Å². The molecule has 0 aromatic heterocycles. The Morgan fingerprint density at radius 3 is 2.29 bits per heavy atom. The predicted octanol–water partition coefficient (Wildman–Crippen LogP) is 2.20. The van der Waals surface area contributed by atoms with Gasteiger partial charge in [0.2, 0.25) is 0 Å². The maximum atomic E-state index is 9.19. The first-order valence-electron chi connectivity index (χ1n) is 5.23. The molecule has 1 saturated heterocycles. The van der Waals surface area contributed by atoms with E-state index >= 15 is 0 Å². The minimum atomic E-state index is 0.363. The zero-order valence-corrected chi connectivity index (χ0v) is 8.61. The SMILES string of the molecule is CN1CCC(c2ccc([N])cc2)CC1. The third kappa shape index (κ3) is 2.07. The number of likely N-dealkylation sites (tertiary alicyclic amines) is 1. The van der Waals surface area contributed by atoms with E-state index in [1.807, 2.05) is 12.1 Å². The summed E-state index contributed by atoms with van der Waals surface area (Å²) in [5.41, 5.74) is 10.9. The molecule has 0 atom stereocenters. The molecule has 0 aliphatic carbocycles. The second kappa shape index (κ2) is 4.01. The number of piperidine rings is 1. The van der Waals surface area contributed by atoms with Crippen molar-refractivity contribution in [1.82, 2.24) is 10.6 Å². The van der Waals surface area contributed by atoms with Gasteiger partial charge in [-0.25, -0.2) is 0 Å². The van der Waals surface area contributed by atoms with Crippen molar-refractivity contribution in [2.45, 2.75) is 18.8 Å². The molecule has 2 heteroatoms. The van der Waals surface area contributed by atoms with Gasteiger partial charge >= 0.3 is 0 Å². The van der Waals surface area contributed by atoms with Crippen LogP contribution in [0, 0.1) is 0 Å². The van der Waals surface area contributed by atoms with Crippen molar-refractivity contribution in [3.05, 3.63) is 29.8 Å². The molecule has 1 aromatic carbocycles. The average molecular weight is 188 g/mol. The van der Waals surface area contributed by atoms with Crippen LogP contribution in [0.4, 0.5) is 5.69 Å². The Hall–Kier alpha value is -1.02. The Kier molecular flexibility index (Phi) is 2.73. The van der Waals surface area contributed by atoms with Crippen molar-refractivity contribution in [1.29, 1.82) is 0 Å². The third-order valence-corrected chi connectivity index (χ3v) is 3.08. The van der Waals surface area contributed by atoms with Gasteiger partial charge in [0.25, 0.3) is 0 Å². The van der Waals surface area contributed by atoms with Crippen LogP contribution in [0.2, 0.25) is 0 Å². The normalized spacial score (nSPS) is 19.8. The van der Waals surface area contributed by atoms with Gasteiger partial charge in [-0.1, -0.05) is 12.1 Å². The molecular formula is C12H16N2. The minimum absolute atomic E-state index is 0.363. The Morgan fingerprint density at radius 2 is 1.71 bits per heavy atom. The van der Waals surface area contributed by atoms with Crippen LogP contribution in [0.5, 0.6) is 0 Å². The smallest absolute Gasteiger partial charge is 0.0857 e. The first kappa shape index (κ1) is 9.53. The van der Waals surface area contributed by atoms with Crippen LogP contribution >= 0.6 is 0 Å². The Balaban J connectivity index is 2.05. The molecule has 1 heterocycles. The van der Waals surface area contributed by atoms with E-state index in [4.69, 9.17) is 0 Å². The van der Waals surface area contributed by atoms with Gasteiger partial charge in [-0.2, -0.15) is 5.73 Å². The summed E-state index contributed by atoms with van der Waals surface area (Å²) in [6.45, 7) is 2.37. The lowest BCUT2D eigenvalue weighted by Gasteiger charge is -2.29. The van der Waals surface area contributed by atoms with Gasteiger partial charge in [0.15, 0.2) is 0 Å². The topological polar surface area (TPSA) is 25.5 Å². The molecule has 1 aliphatic heterocycles. The second-order valence-electron chi connectivity index (χ2n) is 4.17. The van der Waals surface area contributed by atoms with Gasteiger partial charge in [-0.15, -0.1) is 0 Å². The summed E-state index contributed by atoms with van der Waals surface area (Å²) in [5, 5.41) is 0. The molecule has 2 radical (unpaired) electrons. The summed E-state index contributed by atoms with van der Waals surface area (Å²) in [5.74, 6) is 0.687. The third-order valence-electron chi connectivity index (χ3n) is 3.08. The number of benzene rings is 1. The van der Waals surface area contributed by atoms with Crippen molar-refractivity contribution >= 4 is 5.69 Å². The van der Waals surface area contributed by atoms with Gasteiger partial charge in [-0.05, 0) is 56.6 Å². The van der Waals surface area contributed by atoms with E-state index in [0.717, 1.165) is 0 Å². The van der Waals surface area contributed by atoms with E-state index in [0.29, 0.717) is 11.6 Å². The number of rotatable bonds is 1. The fourth-order valence-electron chi connectivity index (χ4n) is 2.09. The van der Waals surface area contributed by atoms with Crippen molar-refractivity contribution in [3.63, 3.8) is 0 Å². The first-order valence-corrected chi connectivity index (χ1v) is 5.23. The van der Waals surface area contributed by atoms with Crippen molar-refractivity contribution in [3.8, 4) is 0 Å². The van der Waals surface area contributed by atoms with E-state index < -0.39 is 0 Å². The molecule has 2 nitrogen and oxygen atoms in total. The predicted molar refractivity (Wildman–Crippen MR) is 57.7 cm³/mol. The molecule has 0 bridgehead atoms. The first-order chi connectivity index (χ1) is 6.75. The summed E-state index contributed by atoms with van der Waals surface area (Å²) in [7, 11) is 2.17. The van der Waals surface area contributed by atoms with Crippen LogP contribution in [0.1, 0.15) is 24.3 Å². The quantitative estimate of drug-likeness (QED) is 0.663. The van der Waals surface area contributed by atoms with Gasteiger partial charge < -0.3 is 4.90 Å². The molecule has 1 aliphatic rings. The zero-order chi connectivity index (χ0) is 9.97. The molecule has 1 fully saturated rings. The molecule has 0 spiro atoms. The maximum absolute atomic E-state index is 9.19. The number of nitrogens with zero attached hydrogens (tertiary/aromatic N) is 2. The molecule has 0 N–H and O–H groups in total. The lowest BCUT2D eigenvalue weighted by atomic mass is 9.89. The van der Waals surface area contributed by atoms with Gasteiger partial charge in [0.05, 0.1) is 5.69 Å². The molecule has 0 amide bonds. The largest absolute Gasteiger partial charge is 0.306 e. The highest BCUT2D eigenvalue weighted by atomic mass is 15.1. The van der Waals surface area contributed by atoms with Gasteiger partial charge in [0, 0.05) is 0 Å². The lowest BCUT2D eigenvalue weighted by Crippen LogP contribution is -2.29. The second-order valence-corrected chi connectivity index (χ2v) is 4.17. The summed E-state index contributed by atoms with van der Waals surface area (Å²) in [4.78, 5) is 2.37. The van der Waals surface area contributed by atoms with Crippen LogP contribution in [0.15, 0.2) is 24.3 Å². The van der Waals surface area contributed by atoms with E-state index in [2.05, 4.69) is 11.9 Å². The average Bonchev–Trinajstić information content (AvgIpc) is 2.21. The minimum Gasteiger partial charge on any atom is -0.306 e. The number of hydrogen-bond acceptors (Lipinski definition) is 1. The highest BCUT2D eigenvalue weighted by Gasteiger charge is 2.17. The zero-order valence-electron chi connectivity index (χ0n) is 8.61. The van der Waals surface area contributed by atoms with Gasteiger partial charge in [0.1, 0.15) is 0 Å². The fraction of sp³-hybridized carbons (Fsp3) is 0.500. The monoisotopic (exact) mass is 188 g/mol. The molecule has 0 unspecified atom stereocenters.